The third-order valence-corrected chi connectivity index (χ3v) is 10.1. The molecule has 0 spiro atoms. The smallest absolute Gasteiger partial charge is 0.410 e. The molecule has 11 nitrogen and oxygen atoms in total. The number of anilines is 2. The number of hydrogen-bond donors (Lipinski definition) is 3. The summed E-state index contributed by atoms with van der Waals surface area (Å²) < 4.78 is 11.4. The van der Waals surface area contributed by atoms with Crippen molar-refractivity contribution in [2.75, 3.05) is 30.0 Å². The molecule has 4 amide bonds. The number of halogens is 1. The van der Waals surface area contributed by atoms with Gasteiger partial charge in [0.15, 0.2) is 0 Å². The number of hydrogen-bond acceptors (Lipinski definition) is 9. The van der Waals surface area contributed by atoms with E-state index in [1.54, 1.807) is 86.3 Å². The van der Waals surface area contributed by atoms with Crippen LogP contribution >= 0.6 is 39.0 Å². The maximum atomic E-state index is 13.5. The van der Waals surface area contributed by atoms with Gasteiger partial charge in [-0.15, -0.1) is 23.1 Å². The summed E-state index contributed by atoms with van der Waals surface area (Å²) in [5.74, 6) is -1.88. The highest BCUT2D eigenvalue weighted by Gasteiger charge is 2.32. The lowest BCUT2D eigenvalue weighted by atomic mass is 10.0. The number of thiophene rings is 1. The summed E-state index contributed by atoms with van der Waals surface area (Å²) in [5.41, 5.74) is 1.99. The Kier molecular flexibility index (Phi) is 12.6. The summed E-state index contributed by atoms with van der Waals surface area (Å²) in [5, 5.41) is 8.79. The molecule has 0 radical (unpaired) electrons. The van der Waals surface area contributed by atoms with Gasteiger partial charge in [0.25, 0.3) is 11.8 Å². The van der Waals surface area contributed by atoms with Gasteiger partial charge in [-0.2, -0.15) is 0 Å². The van der Waals surface area contributed by atoms with Crippen LogP contribution in [0.3, 0.4) is 0 Å². The Labute approximate surface area is 318 Å². The van der Waals surface area contributed by atoms with Crippen molar-refractivity contribution in [2.24, 2.45) is 0 Å². The minimum atomic E-state index is -0.647. The van der Waals surface area contributed by atoms with Crippen LogP contribution in [0.2, 0.25) is 0 Å². The first-order valence-electron chi connectivity index (χ1n) is 16.2. The number of thioether (sulfide) groups is 1. The SMILES string of the molecule is COC(=O)c1c(NC(=O)CSc2cccc(NC(=O)/C(=C\c3cccc(Br)c3)NC(=O)c3ccccc3)c2)sc2c1CCN(C(=O)OC(C)(C)C)C2. The Bertz CT molecular complexity index is 2020. The molecule has 0 unspecified atom stereocenters. The fourth-order valence-electron chi connectivity index (χ4n) is 5.17. The third-order valence-electron chi connectivity index (χ3n) is 7.50. The van der Waals surface area contributed by atoms with Crippen LogP contribution < -0.4 is 16.0 Å². The Hall–Kier alpha value is -4.92. The lowest BCUT2D eigenvalue weighted by Crippen LogP contribution is -2.39. The number of esters is 1. The van der Waals surface area contributed by atoms with Crippen molar-refractivity contribution in [3.8, 4) is 0 Å². The summed E-state index contributed by atoms with van der Waals surface area (Å²) in [6.07, 6.45) is 1.55. The van der Waals surface area contributed by atoms with E-state index in [0.29, 0.717) is 45.2 Å². The molecule has 4 aromatic rings. The molecule has 0 atom stereocenters. The van der Waals surface area contributed by atoms with E-state index in [0.717, 1.165) is 14.9 Å². The highest BCUT2D eigenvalue weighted by Crippen LogP contribution is 2.38. The first-order valence-corrected chi connectivity index (χ1v) is 18.8. The lowest BCUT2D eigenvalue weighted by molar-refractivity contribution is -0.114. The number of benzene rings is 3. The molecule has 3 aromatic carbocycles. The van der Waals surface area contributed by atoms with Crippen LogP contribution in [0.5, 0.6) is 0 Å². The van der Waals surface area contributed by atoms with Crippen molar-refractivity contribution in [2.45, 2.75) is 44.2 Å². The molecule has 1 aliphatic rings. The van der Waals surface area contributed by atoms with E-state index in [9.17, 15) is 24.0 Å². The van der Waals surface area contributed by atoms with Gasteiger partial charge in [0.2, 0.25) is 5.91 Å². The van der Waals surface area contributed by atoms with E-state index in [1.165, 1.54) is 30.2 Å². The number of rotatable bonds is 10. The first kappa shape index (κ1) is 38.3. The van der Waals surface area contributed by atoms with Gasteiger partial charge in [0.1, 0.15) is 16.3 Å². The van der Waals surface area contributed by atoms with Gasteiger partial charge in [-0.05, 0) is 86.9 Å². The molecule has 1 aromatic heterocycles. The Balaban J connectivity index is 1.25. The number of nitrogens with one attached hydrogen (secondary N) is 3. The van der Waals surface area contributed by atoms with Crippen molar-refractivity contribution >= 4 is 85.6 Å². The fourth-order valence-corrected chi connectivity index (χ4v) is 7.61. The number of amides is 4. The van der Waals surface area contributed by atoms with E-state index in [-0.39, 0.29) is 23.9 Å². The van der Waals surface area contributed by atoms with E-state index in [4.69, 9.17) is 9.47 Å². The Morgan fingerprint density at radius 2 is 1.71 bits per heavy atom. The van der Waals surface area contributed by atoms with Crippen LogP contribution in [-0.2, 0) is 32.0 Å². The minimum absolute atomic E-state index is 0.00574. The maximum absolute atomic E-state index is 13.5. The molecule has 52 heavy (non-hydrogen) atoms. The average molecular weight is 806 g/mol. The molecule has 270 valence electrons. The van der Waals surface area contributed by atoms with Crippen molar-refractivity contribution in [3.63, 3.8) is 0 Å². The molecule has 0 bridgehead atoms. The van der Waals surface area contributed by atoms with Crippen LogP contribution in [0.4, 0.5) is 15.5 Å². The lowest BCUT2D eigenvalue weighted by Gasteiger charge is -2.30. The summed E-state index contributed by atoms with van der Waals surface area (Å²) in [6.45, 7) is 6.01. The van der Waals surface area contributed by atoms with Crippen LogP contribution in [0.25, 0.3) is 6.08 Å². The average Bonchev–Trinajstić information content (AvgIpc) is 3.46. The number of fused-ring (bicyclic) bond motifs is 1. The largest absolute Gasteiger partial charge is 0.465 e. The molecule has 14 heteroatoms. The molecule has 2 heterocycles. The van der Waals surface area contributed by atoms with Gasteiger partial charge in [0.05, 0.1) is 25.0 Å². The number of carbonyl (C=O) groups excluding carboxylic acids is 5. The van der Waals surface area contributed by atoms with Crippen LogP contribution in [-0.4, -0.2) is 59.7 Å². The monoisotopic (exact) mass is 804 g/mol. The van der Waals surface area contributed by atoms with Crippen LogP contribution in [0.15, 0.2) is 93.9 Å². The quantitative estimate of drug-likeness (QED) is 0.0840. The standard InChI is InChI=1S/C38H37BrN4O7S2/c1-38(2,3)50-37(48)43-17-16-28-30(21-43)52-35(32(28)36(47)49-4)42-31(44)22-51-27-15-9-14-26(20-27)40-34(46)29(19-23-10-8-13-25(39)18-23)41-33(45)24-11-6-5-7-12-24/h5-15,18-20H,16-17,21-22H2,1-4H3,(H,40,46)(H,41,45)(H,42,44)/b29-19+. The molecule has 5 rings (SSSR count). The second-order valence-electron chi connectivity index (χ2n) is 12.6. The summed E-state index contributed by atoms with van der Waals surface area (Å²) >= 11 is 5.91. The second-order valence-corrected chi connectivity index (χ2v) is 15.7. The molecular weight excluding hydrogens is 768 g/mol. The molecule has 0 saturated heterocycles. The maximum Gasteiger partial charge on any atom is 0.410 e. The highest BCUT2D eigenvalue weighted by atomic mass is 79.9. The van der Waals surface area contributed by atoms with Crippen molar-refractivity contribution in [1.82, 2.24) is 10.2 Å². The Morgan fingerprint density at radius 3 is 2.42 bits per heavy atom. The Morgan fingerprint density at radius 1 is 0.962 bits per heavy atom. The summed E-state index contributed by atoms with van der Waals surface area (Å²) in [7, 11) is 1.28. The third kappa shape index (κ3) is 10.3. The van der Waals surface area contributed by atoms with Crippen molar-refractivity contribution in [3.05, 3.63) is 116 Å². The molecule has 0 aliphatic carbocycles. The van der Waals surface area contributed by atoms with Crippen molar-refractivity contribution in [1.29, 1.82) is 0 Å². The summed E-state index contributed by atoms with van der Waals surface area (Å²) in [4.78, 5) is 68.3. The first-order chi connectivity index (χ1) is 24.8. The van der Waals surface area contributed by atoms with Crippen LogP contribution in [0, 0.1) is 0 Å². The van der Waals surface area contributed by atoms with E-state index >= 15 is 0 Å². The highest BCUT2D eigenvalue weighted by molar-refractivity contribution is 9.10. The van der Waals surface area contributed by atoms with E-state index in [1.807, 2.05) is 24.3 Å². The van der Waals surface area contributed by atoms with Crippen LogP contribution in [0.1, 0.15) is 57.5 Å². The van der Waals surface area contributed by atoms with E-state index in [2.05, 4.69) is 31.9 Å². The van der Waals surface area contributed by atoms with Gasteiger partial charge < -0.3 is 30.3 Å². The predicted octanol–water partition coefficient (Wildman–Crippen LogP) is 7.73. The number of carbonyl (C=O) groups is 5. The van der Waals surface area contributed by atoms with Gasteiger partial charge in [0, 0.05) is 32.0 Å². The molecule has 0 saturated carbocycles. The zero-order valence-corrected chi connectivity index (χ0v) is 32.1. The number of ether oxygens (including phenoxy) is 2. The molecule has 3 N–H and O–H groups in total. The topological polar surface area (TPSA) is 143 Å². The van der Waals surface area contributed by atoms with Gasteiger partial charge >= 0.3 is 12.1 Å². The summed E-state index contributed by atoms with van der Waals surface area (Å²) in [6, 6.07) is 22.9. The van der Waals surface area contributed by atoms with E-state index < -0.39 is 29.5 Å². The zero-order valence-electron chi connectivity index (χ0n) is 28.9. The second kappa shape index (κ2) is 17.1. The number of nitrogens with zero attached hydrogens (tertiary/aromatic N) is 1. The predicted molar refractivity (Wildman–Crippen MR) is 206 cm³/mol. The minimum Gasteiger partial charge on any atom is -0.465 e. The fraction of sp³-hybridized carbons (Fsp3) is 0.237. The van der Waals surface area contributed by atoms with Gasteiger partial charge in [-0.25, -0.2) is 9.59 Å². The zero-order chi connectivity index (χ0) is 37.4. The van der Waals surface area contributed by atoms with Crippen molar-refractivity contribution < 1.29 is 33.4 Å². The molecule has 0 fully saturated rings. The molecular formula is C38H37BrN4O7S2. The normalized spacial score (nSPS) is 12.7. The van der Waals surface area contributed by atoms with Gasteiger partial charge in [-0.3, -0.25) is 14.4 Å². The molecule has 1 aliphatic heterocycles. The number of methoxy groups -OCH3 is 1. The van der Waals surface area contributed by atoms with Gasteiger partial charge in [-0.1, -0.05) is 52.3 Å².